The molecule has 0 saturated carbocycles. The normalized spacial score (nSPS) is 12.0. The number of carbonyl (C=O) groups is 1. The average Bonchev–Trinajstić information content (AvgIpc) is 2.86. The Morgan fingerprint density at radius 1 is 1.33 bits per heavy atom. The van der Waals surface area contributed by atoms with Crippen molar-refractivity contribution in [1.82, 2.24) is 4.90 Å². The Labute approximate surface area is 134 Å². The molecule has 0 saturated heterocycles. The molecule has 3 nitrogen and oxygen atoms in total. The third-order valence-corrected chi connectivity index (χ3v) is 4.82. The lowest BCUT2D eigenvalue weighted by Gasteiger charge is -2.18. The van der Waals surface area contributed by atoms with Gasteiger partial charge in [-0.1, -0.05) is 11.6 Å². The van der Waals surface area contributed by atoms with Crippen molar-refractivity contribution in [2.75, 3.05) is 19.4 Å². The lowest BCUT2D eigenvalue weighted by molar-refractivity contribution is 0.0827. The molecule has 1 aromatic carbocycles. The second-order valence-corrected chi connectivity index (χ2v) is 6.58. The number of nitrogens with one attached hydrogen (secondary N) is 1. The van der Waals surface area contributed by atoms with Gasteiger partial charge in [0.05, 0.1) is 16.8 Å². The largest absolute Gasteiger partial charge is 0.376 e. The number of anilines is 1. The van der Waals surface area contributed by atoms with Crippen LogP contribution in [0.3, 0.4) is 0 Å². The highest BCUT2D eigenvalue weighted by molar-refractivity contribution is 7.10. The number of rotatable bonds is 4. The van der Waals surface area contributed by atoms with Crippen molar-refractivity contribution in [3.05, 3.63) is 50.7 Å². The molecule has 0 spiro atoms. The van der Waals surface area contributed by atoms with Crippen LogP contribution < -0.4 is 5.32 Å². The van der Waals surface area contributed by atoms with Crippen LogP contribution in [0.2, 0.25) is 5.02 Å². The Bertz CT molecular complexity index is 651. The number of thiophene rings is 1. The zero-order valence-corrected chi connectivity index (χ0v) is 14.2. The van der Waals surface area contributed by atoms with Crippen LogP contribution in [0.5, 0.6) is 0 Å². The number of benzene rings is 1. The van der Waals surface area contributed by atoms with Gasteiger partial charge in [0.25, 0.3) is 5.91 Å². The molecule has 0 bridgehead atoms. The zero-order chi connectivity index (χ0) is 15.6. The van der Waals surface area contributed by atoms with Crippen molar-refractivity contribution in [2.45, 2.75) is 19.9 Å². The number of hydrogen-bond donors (Lipinski definition) is 1. The first-order chi connectivity index (χ1) is 9.90. The minimum atomic E-state index is -0.0327. The Kier molecular flexibility index (Phi) is 4.91. The van der Waals surface area contributed by atoms with Crippen LogP contribution in [0.4, 0.5) is 5.69 Å². The third-order valence-electron chi connectivity index (χ3n) is 3.29. The van der Waals surface area contributed by atoms with Crippen molar-refractivity contribution in [2.24, 2.45) is 0 Å². The molecule has 1 N–H and O–H groups in total. The first-order valence-electron chi connectivity index (χ1n) is 6.72. The Balaban J connectivity index is 2.25. The quantitative estimate of drug-likeness (QED) is 0.893. The smallest absolute Gasteiger partial charge is 0.253 e. The highest BCUT2D eigenvalue weighted by atomic mass is 35.5. The highest BCUT2D eigenvalue weighted by Crippen LogP contribution is 2.30. The van der Waals surface area contributed by atoms with Crippen molar-refractivity contribution in [1.29, 1.82) is 0 Å². The van der Waals surface area contributed by atoms with E-state index in [4.69, 9.17) is 11.6 Å². The molecule has 0 aliphatic carbocycles. The molecule has 1 unspecified atom stereocenters. The number of nitrogens with zero attached hydrogens (tertiary/aromatic N) is 1. The van der Waals surface area contributed by atoms with E-state index in [-0.39, 0.29) is 11.9 Å². The predicted molar refractivity (Wildman–Crippen MR) is 90.6 cm³/mol. The number of amides is 1. The molecule has 1 aromatic heterocycles. The molecule has 1 heterocycles. The minimum absolute atomic E-state index is 0.0327. The maximum absolute atomic E-state index is 12.0. The van der Waals surface area contributed by atoms with Crippen LogP contribution in [-0.4, -0.2) is 24.9 Å². The van der Waals surface area contributed by atoms with Gasteiger partial charge in [-0.15, -0.1) is 11.3 Å². The summed E-state index contributed by atoms with van der Waals surface area (Å²) in [4.78, 5) is 14.9. The molecule has 2 rings (SSSR count). The summed E-state index contributed by atoms with van der Waals surface area (Å²) in [6, 6.07) is 7.56. The van der Waals surface area contributed by atoms with Gasteiger partial charge in [0.1, 0.15) is 0 Å². The van der Waals surface area contributed by atoms with Crippen LogP contribution in [0.25, 0.3) is 0 Å². The van der Waals surface area contributed by atoms with E-state index in [9.17, 15) is 4.79 Å². The maximum Gasteiger partial charge on any atom is 0.253 e. The van der Waals surface area contributed by atoms with Gasteiger partial charge >= 0.3 is 0 Å². The summed E-state index contributed by atoms with van der Waals surface area (Å²) in [5.41, 5.74) is 2.67. The average molecular weight is 323 g/mol. The molecule has 5 heteroatoms. The van der Waals surface area contributed by atoms with Gasteiger partial charge in [-0.3, -0.25) is 4.79 Å². The molecule has 0 radical (unpaired) electrons. The first-order valence-corrected chi connectivity index (χ1v) is 7.97. The second-order valence-electron chi connectivity index (χ2n) is 5.23. The van der Waals surface area contributed by atoms with E-state index in [1.807, 2.05) is 6.07 Å². The lowest BCUT2D eigenvalue weighted by Crippen LogP contribution is -2.21. The third kappa shape index (κ3) is 3.57. The maximum atomic E-state index is 12.0. The van der Waals surface area contributed by atoms with Gasteiger partial charge in [-0.25, -0.2) is 0 Å². The van der Waals surface area contributed by atoms with E-state index in [1.165, 1.54) is 10.4 Å². The fourth-order valence-electron chi connectivity index (χ4n) is 2.15. The SMILES string of the molecule is Cc1ccsc1C(C)Nc1cc(C(=O)N(C)C)ccc1Cl. The molecule has 21 heavy (non-hydrogen) atoms. The molecule has 1 amide bonds. The van der Waals surface area contributed by atoms with Gasteiger partial charge in [0.2, 0.25) is 0 Å². The summed E-state index contributed by atoms with van der Waals surface area (Å²) in [5.74, 6) is -0.0327. The predicted octanol–water partition coefficient (Wildman–Crippen LogP) is 4.58. The van der Waals surface area contributed by atoms with Crippen molar-refractivity contribution in [3.8, 4) is 0 Å². The summed E-state index contributed by atoms with van der Waals surface area (Å²) in [7, 11) is 3.48. The van der Waals surface area contributed by atoms with Crippen LogP contribution in [0, 0.1) is 6.92 Å². The first kappa shape index (κ1) is 15.9. The van der Waals surface area contributed by atoms with Crippen LogP contribution in [0.15, 0.2) is 29.6 Å². The molecular formula is C16H19ClN2OS. The number of aryl methyl sites for hydroxylation is 1. The molecule has 112 valence electrons. The van der Waals surface area contributed by atoms with E-state index in [1.54, 1.807) is 42.5 Å². The molecule has 1 atom stereocenters. The minimum Gasteiger partial charge on any atom is -0.376 e. The fourth-order valence-corrected chi connectivity index (χ4v) is 3.26. The van der Waals surface area contributed by atoms with Crippen molar-refractivity contribution >= 4 is 34.5 Å². The van der Waals surface area contributed by atoms with E-state index in [0.717, 1.165) is 5.69 Å². The van der Waals surface area contributed by atoms with E-state index in [0.29, 0.717) is 10.6 Å². The number of hydrogen-bond acceptors (Lipinski definition) is 3. The van der Waals surface area contributed by atoms with Crippen LogP contribution in [-0.2, 0) is 0 Å². The van der Waals surface area contributed by atoms with Crippen molar-refractivity contribution in [3.63, 3.8) is 0 Å². The van der Waals surface area contributed by atoms with Gasteiger partial charge in [-0.2, -0.15) is 0 Å². The van der Waals surface area contributed by atoms with Gasteiger partial charge in [-0.05, 0) is 49.1 Å². The Hall–Kier alpha value is -1.52. The standard InChI is InChI=1S/C16H19ClN2OS/c1-10-7-8-21-15(10)11(2)18-14-9-12(5-6-13(14)17)16(20)19(3)4/h5-9,11,18H,1-4H3. The molecule has 2 aromatic rings. The van der Waals surface area contributed by atoms with Gasteiger partial charge in [0.15, 0.2) is 0 Å². The van der Waals surface area contributed by atoms with Crippen LogP contribution >= 0.6 is 22.9 Å². The Morgan fingerprint density at radius 2 is 2.05 bits per heavy atom. The lowest BCUT2D eigenvalue weighted by atomic mass is 10.1. The summed E-state index contributed by atoms with van der Waals surface area (Å²) < 4.78 is 0. The topological polar surface area (TPSA) is 32.3 Å². The zero-order valence-electron chi connectivity index (χ0n) is 12.6. The van der Waals surface area contributed by atoms with Crippen molar-refractivity contribution < 1.29 is 4.79 Å². The molecule has 0 fully saturated rings. The highest BCUT2D eigenvalue weighted by Gasteiger charge is 2.14. The molecule has 0 aliphatic heterocycles. The number of halogens is 1. The van der Waals surface area contributed by atoms with E-state index in [2.05, 4.69) is 30.6 Å². The van der Waals surface area contributed by atoms with Gasteiger partial charge in [0, 0.05) is 24.5 Å². The summed E-state index contributed by atoms with van der Waals surface area (Å²) in [5, 5.41) is 6.09. The second kappa shape index (κ2) is 6.50. The van der Waals surface area contributed by atoms with E-state index < -0.39 is 0 Å². The number of carbonyl (C=O) groups excluding carboxylic acids is 1. The summed E-state index contributed by atoms with van der Waals surface area (Å²) in [6.45, 7) is 4.19. The molecule has 0 aliphatic rings. The monoisotopic (exact) mass is 322 g/mol. The van der Waals surface area contributed by atoms with E-state index >= 15 is 0 Å². The summed E-state index contributed by atoms with van der Waals surface area (Å²) >= 11 is 7.96. The van der Waals surface area contributed by atoms with Gasteiger partial charge < -0.3 is 10.2 Å². The molecular weight excluding hydrogens is 304 g/mol. The Morgan fingerprint density at radius 3 is 2.62 bits per heavy atom. The summed E-state index contributed by atoms with van der Waals surface area (Å²) in [6.07, 6.45) is 0. The van der Waals surface area contributed by atoms with Crippen LogP contribution in [0.1, 0.15) is 33.8 Å². The fraction of sp³-hybridized carbons (Fsp3) is 0.312.